The smallest absolute Gasteiger partial charge is 0.136 e. The van der Waals surface area contributed by atoms with Gasteiger partial charge in [-0.15, -0.1) is 11.3 Å². The molecule has 0 aliphatic heterocycles. The van der Waals surface area contributed by atoms with Gasteiger partial charge in [0.1, 0.15) is 11.2 Å². The summed E-state index contributed by atoms with van der Waals surface area (Å²) < 4.78 is 9.42. The zero-order valence-electron chi connectivity index (χ0n) is 31.3. The van der Waals surface area contributed by atoms with Gasteiger partial charge in [-0.05, 0) is 112 Å². The van der Waals surface area contributed by atoms with E-state index in [1.54, 1.807) is 0 Å². The molecule has 58 heavy (non-hydrogen) atoms. The Kier molecular flexibility index (Phi) is 6.66. The third-order valence-electron chi connectivity index (χ3n) is 12.5. The van der Waals surface area contributed by atoms with Crippen LogP contribution in [0.3, 0.4) is 0 Å². The van der Waals surface area contributed by atoms with E-state index in [-0.39, 0.29) is 0 Å². The number of benzene rings is 11. The van der Waals surface area contributed by atoms with Gasteiger partial charge in [-0.25, -0.2) is 0 Å². The Labute approximate surface area is 337 Å². The van der Waals surface area contributed by atoms with Crippen molar-refractivity contribution < 1.29 is 4.42 Å². The van der Waals surface area contributed by atoms with Gasteiger partial charge in [0.05, 0.1) is 0 Å². The molecule has 0 atom stereocenters. The highest BCUT2D eigenvalue weighted by molar-refractivity contribution is 7.25. The number of thiophene rings is 1. The van der Waals surface area contributed by atoms with Crippen molar-refractivity contribution in [2.75, 3.05) is 0 Å². The van der Waals surface area contributed by atoms with Crippen molar-refractivity contribution in [3.63, 3.8) is 0 Å². The van der Waals surface area contributed by atoms with Gasteiger partial charge >= 0.3 is 0 Å². The molecule has 11 aromatic carbocycles. The second-order valence-corrected chi connectivity index (χ2v) is 16.5. The van der Waals surface area contributed by atoms with Crippen molar-refractivity contribution in [3.8, 4) is 33.4 Å². The lowest BCUT2D eigenvalue weighted by Crippen LogP contribution is -1.93. The Balaban J connectivity index is 1.07. The summed E-state index contributed by atoms with van der Waals surface area (Å²) in [4.78, 5) is 0. The SMILES string of the molecule is c1ccc2c(-c3c4ccccc4c(-c4ccc(-c5cc6oc7cc8c(cc7c6c6ccccc56)sc5ccccc58)c5ccccc45)c4ccccc34)cccc2c1. The summed E-state index contributed by atoms with van der Waals surface area (Å²) >= 11 is 1.85. The van der Waals surface area contributed by atoms with E-state index in [0.717, 1.165) is 11.2 Å². The molecular formula is C56H32OS. The van der Waals surface area contributed by atoms with Crippen LogP contribution in [-0.2, 0) is 0 Å². The molecule has 0 amide bonds. The lowest BCUT2D eigenvalue weighted by atomic mass is 9.82. The Morgan fingerprint density at radius 3 is 1.47 bits per heavy atom. The molecule has 268 valence electrons. The largest absolute Gasteiger partial charge is 0.456 e. The van der Waals surface area contributed by atoms with Gasteiger partial charge < -0.3 is 4.42 Å². The van der Waals surface area contributed by atoms with Gasteiger partial charge in [0.2, 0.25) is 0 Å². The molecule has 13 aromatic rings. The Morgan fingerprint density at radius 2 is 0.776 bits per heavy atom. The van der Waals surface area contributed by atoms with E-state index in [9.17, 15) is 0 Å². The molecule has 2 heterocycles. The predicted octanol–water partition coefficient (Wildman–Crippen LogP) is 16.7. The lowest BCUT2D eigenvalue weighted by Gasteiger charge is -2.20. The van der Waals surface area contributed by atoms with Crippen molar-refractivity contribution >= 4 is 107 Å². The number of rotatable bonds is 3. The normalized spacial score (nSPS) is 12.1. The first-order valence-corrected chi connectivity index (χ1v) is 20.7. The highest BCUT2D eigenvalue weighted by atomic mass is 32.1. The molecule has 2 heteroatoms. The van der Waals surface area contributed by atoms with E-state index >= 15 is 0 Å². The molecule has 0 aliphatic rings. The summed E-state index contributed by atoms with van der Waals surface area (Å²) in [5, 5.41) is 17.3. The summed E-state index contributed by atoms with van der Waals surface area (Å²) in [6.45, 7) is 0. The minimum Gasteiger partial charge on any atom is -0.456 e. The first-order chi connectivity index (χ1) is 28.8. The summed E-state index contributed by atoms with van der Waals surface area (Å²) in [7, 11) is 0. The molecule has 13 rings (SSSR count). The number of fused-ring (bicyclic) bond motifs is 12. The standard InChI is InChI=1S/C56H32OS/c1-2-16-34-33(14-1)15-13-26-40(34)54-42-22-7-9-24-44(42)55(45-25-10-8-23-43(45)54)46-29-28-38(35-17-3-4-18-36(35)46)47-30-51-56(41-21-6-5-19-37(41)47)49-32-53-48(31-50(49)57-51)39-20-11-12-27-52(39)58-53/h1-32H. The van der Waals surface area contributed by atoms with Gasteiger partial charge in [-0.1, -0.05) is 170 Å². The fourth-order valence-corrected chi connectivity index (χ4v) is 11.1. The second-order valence-electron chi connectivity index (χ2n) is 15.5. The van der Waals surface area contributed by atoms with Crippen LogP contribution in [0.2, 0.25) is 0 Å². The van der Waals surface area contributed by atoms with Crippen LogP contribution in [0.5, 0.6) is 0 Å². The lowest BCUT2D eigenvalue weighted by molar-refractivity contribution is 0.670. The maximum absolute atomic E-state index is 6.83. The van der Waals surface area contributed by atoms with Crippen LogP contribution in [-0.4, -0.2) is 0 Å². The van der Waals surface area contributed by atoms with Crippen LogP contribution in [0.4, 0.5) is 0 Å². The van der Waals surface area contributed by atoms with Crippen molar-refractivity contribution in [2.24, 2.45) is 0 Å². The minimum absolute atomic E-state index is 0.917. The first kappa shape index (κ1) is 31.9. The van der Waals surface area contributed by atoms with Crippen molar-refractivity contribution in [3.05, 3.63) is 194 Å². The average molecular weight is 753 g/mol. The van der Waals surface area contributed by atoms with Crippen LogP contribution in [0.25, 0.3) is 129 Å². The van der Waals surface area contributed by atoms with Crippen molar-refractivity contribution in [1.82, 2.24) is 0 Å². The van der Waals surface area contributed by atoms with E-state index in [2.05, 4.69) is 194 Å². The van der Waals surface area contributed by atoms with Gasteiger partial charge in [-0.2, -0.15) is 0 Å². The molecule has 0 bridgehead atoms. The molecule has 0 aliphatic carbocycles. The van der Waals surface area contributed by atoms with Crippen LogP contribution < -0.4 is 0 Å². The number of hydrogen-bond acceptors (Lipinski definition) is 2. The third-order valence-corrected chi connectivity index (χ3v) is 13.6. The zero-order valence-corrected chi connectivity index (χ0v) is 32.1. The fourth-order valence-electron chi connectivity index (χ4n) is 9.98. The Bertz CT molecular complexity index is 3800. The van der Waals surface area contributed by atoms with E-state index in [0.29, 0.717) is 0 Å². The van der Waals surface area contributed by atoms with Crippen molar-refractivity contribution in [1.29, 1.82) is 0 Å². The predicted molar refractivity (Wildman–Crippen MR) is 250 cm³/mol. The van der Waals surface area contributed by atoms with Gasteiger partial charge in [-0.3, -0.25) is 0 Å². The highest BCUT2D eigenvalue weighted by Crippen LogP contribution is 2.49. The topological polar surface area (TPSA) is 13.1 Å². The summed E-state index contributed by atoms with van der Waals surface area (Å²) in [6.07, 6.45) is 0. The van der Waals surface area contributed by atoms with Crippen molar-refractivity contribution in [2.45, 2.75) is 0 Å². The monoisotopic (exact) mass is 752 g/mol. The van der Waals surface area contributed by atoms with Crippen LogP contribution in [0, 0.1) is 0 Å². The molecule has 0 spiro atoms. The molecule has 0 unspecified atom stereocenters. The van der Waals surface area contributed by atoms with Gasteiger partial charge in [0, 0.05) is 30.9 Å². The third kappa shape index (κ3) is 4.46. The van der Waals surface area contributed by atoms with Gasteiger partial charge in [0.15, 0.2) is 0 Å². The molecule has 0 fully saturated rings. The summed E-state index contributed by atoms with van der Waals surface area (Å²) in [5.74, 6) is 0. The minimum atomic E-state index is 0.917. The number of hydrogen-bond donors (Lipinski definition) is 0. The molecule has 1 nitrogen and oxygen atoms in total. The van der Waals surface area contributed by atoms with E-state index < -0.39 is 0 Å². The number of furan rings is 1. The molecular weight excluding hydrogens is 721 g/mol. The molecule has 0 N–H and O–H groups in total. The first-order valence-electron chi connectivity index (χ1n) is 19.9. The van der Waals surface area contributed by atoms with E-state index in [4.69, 9.17) is 4.42 Å². The average Bonchev–Trinajstić information content (AvgIpc) is 3.84. The molecule has 0 radical (unpaired) electrons. The molecule has 0 saturated carbocycles. The maximum Gasteiger partial charge on any atom is 0.136 e. The van der Waals surface area contributed by atoms with Crippen LogP contribution >= 0.6 is 11.3 Å². The molecule has 2 aromatic heterocycles. The quantitative estimate of drug-likeness (QED) is 0.164. The van der Waals surface area contributed by atoms with Crippen LogP contribution in [0.1, 0.15) is 0 Å². The van der Waals surface area contributed by atoms with Gasteiger partial charge in [0.25, 0.3) is 0 Å². The van der Waals surface area contributed by atoms with E-state index in [1.807, 2.05) is 11.3 Å². The zero-order chi connectivity index (χ0) is 37.9. The molecule has 0 saturated heterocycles. The Hall–Kier alpha value is -7.26. The fraction of sp³-hybridized carbons (Fsp3) is 0. The van der Waals surface area contributed by atoms with Crippen LogP contribution in [0.15, 0.2) is 199 Å². The summed E-state index contributed by atoms with van der Waals surface area (Å²) in [6, 6.07) is 71.5. The highest BCUT2D eigenvalue weighted by Gasteiger charge is 2.22. The second kappa shape index (κ2) is 12.1. The summed E-state index contributed by atoms with van der Waals surface area (Å²) in [5.41, 5.74) is 9.27. The maximum atomic E-state index is 6.83. The van der Waals surface area contributed by atoms with E-state index in [1.165, 1.54) is 118 Å². The Morgan fingerprint density at radius 1 is 0.276 bits per heavy atom.